The zero-order valence-electron chi connectivity index (χ0n) is 10.2. The highest BCUT2D eigenvalue weighted by atomic mass is 16.2. The summed E-state index contributed by atoms with van der Waals surface area (Å²) in [5, 5.41) is 3.28. The van der Waals surface area contributed by atoms with E-state index in [1.165, 1.54) is 25.7 Å². The Morgan fingerprint density at radius 3 is 2.62 bits per heavy atom. The third kappa shape index (κ3) is 2.95. The minimum absolute atomic E-state index is 0.330. The van der Waals surface area contributed by atoms with Crippen molar-refractivity contribution in [3.63, 3.8) is 0 Å². The maximum Gasteiger partial charge on any atom is 0.236 e. The largest absolute Gasteiger partial charge is 0.342 e. The van der Waals surface area contributed by atoms with Gasteiger partial charge in [-0.3, -0.25) is 9.69 Å². The van der Waals surface area contributed by atoms with Gasteiger partial charge < -0.3 is 10.2 Å². The Morgan fingerprint density at radius 2 is 2.00 bits per heavy atom. The van der Waals surface area contributed by atoms with Gasteiger partial charge in [0.25, 0.3) is 0 Å². The second kappa shape index (κ2) is 5.64. The van der Waals surface area contributed by atoms with Gasteiger partial charge in [0.05, 0.1) is 6.54 Å². The number of piperidine rings is 1. The summed E-state index contributed by atoms with van der Waals surface area (Å²) < 4.78 is 0. The Labute approximate surface area is 98.0 Å². The highest BCUT2D eigenvalue weighted by molar-refractivity contribution is 5.78. The summed E-state index contributed by atoms with van der Waals surface area (Å²) in [5.74, 6) is 0.330. The first-order chi connectivity index (χ1) is 7.79. The van der Waals surface area contributed by atoms with Crippen LogP contribution in [0, 0.1) is 0 Å². The van der Waals surface area contributed by atoms with Crippen LogP contribution in [0.2, 0.25) is 0 Å². The van der Waals surface area contributed by atoms with Crippen molar-refractivity contribution in [3.05, 3.63) is 0 Å². The van der Waals surface area contributed by atoms with Crippen molar-refractivity contribution in [2.45, 2.75) is 31.7 Å². The summed E-state index contributed by atoms with van der Waals surface area (Å²) in [6.45, 7) is 4.66. The molecule has 1 unspecified atom stereocenters. The molecule has 2 aliphatic heterocycles. The number of likely N-dealkylation sites (tertiary alicyclic amines) is 2. The number of amides is 1. The first kappa shape index (κ1) is 11.9. The molecule has 0 aliphatic carbocycles. The van der Waals surface area contributed by atoms with E-state index in [1.807, 2.05) is 11.9 Å². The molecule has 4 heteroatoms. The van der Waals surface area contributed by atoms with Gasteiger partial charge in [-0.15, -0.1) is 0 Å². The summed E-state index contributed by atoms with van der Waals surface area (Å²) in [4.78, 5) is 16.3. The predicted molar refractivity (Wildman–Crippen MR) is 64.3 cm³/mol. The standard InChI is InChI=1S/C12H23N3O/c1-13-11-5-8-14(9-11)10-12(16)15-6-3-2-4-7-15/h11,13H,2-10H2,1H3. The van der Waals surface area contributed by atoms with Crippen molar-refractivity contribution in [1.29, 1.82) is 0 Å². The second-order valence-electron chi connectivity index (χ2n) is 4.95. The minimum atomic E-state index is 0.330. The van der Waals surface area contributed by atoms with E-state index < -0.39 is 0 Å². The summed E-state index contributed by atoms with van der Waals surface area (Å²) in [6.07, 6.45) is 4.83. The first-order valence-corrected chi connectivity index (χ1v) is 6.47. The maximum atomic E-state index is 12.0. The Hall–Kier alpha value is -0.610. The van der Waals surface area contributed by atoms with Crippen molar-refractivity contribution in [2.24, 2.45) is 0 Å². The molecule has 2 aliphatic rings. The molecule has 16 heavy (non-hydrogen) atoms. The number of carbonyl (C=O) groups excluding carboxylic acids is 1. The lowest BCUT2D eigenvalue weighted by molar-refractivity contribution is -0.133. The Morgan fingerprint density at radius 1 is 1.25 bits per heavy atom. The fraction of sp³-hybridized carbons (Fsp3) is 0.917. The van der Waals surface area contributed by atoms with E-state index in [9.17, 15) is 4.79 Å². The lowest BCUT2D eigenvalue weighted by Crippen LogP contribution is -2.42. The molecule has 2 heterocycles. The van der Waals surface area contributed by atoms with Gasteiger partial charge >= 0.3 is 0 Å². The quantitative estimate of drug-likeness (QED) is 0.750. The minimum Gasteiger partial charge on any atom is -0.342 e. The zero-order valence-corrected chi connectivity index (χ0v) is 10.2. The van der Waals surface area contributed by atoms with Crippen LogP contribution >= 0.6 is 0 Å². The number of carbonyl (C=O) groups is 1. The van der Waals surface area contributed by atoms with Crippen LogP contribution in [0.1, 0.15) is 25.7 Å². The summed E-state index contributed by atoms with van der Waals surface area (Å²) in [6, 6.07) is 0.578. The van der Waals surface area contributed by atoms with E-state index in [-0.39, 0.29) is 0 Å². The molecular formula is C12H23N3O. The molecule has 92 valence electrons. The third-order valence-electron chi connectivity index (χ3n) is 3.75. The van der Waals surface area contributed by atoms with Crippen molar-refractivity contribution in [1.82, 2.24) is 15.1 Å². The van der Waals surface area contributed by atoms with Gasteiger partial charge in [-0.25, -0.2) is 0 Å². The topological polar surface area (TPSA) is 35.6 Å². The average molecular weight is 225 g/mol. The van der Waals surface area contributed by atoms with Crippen LogP contribution in [0.5, 0.6) is 0 Å². The van der Waals surface area contributed by atoms with Gasteiger partial charge in [0, 0.05) is 32.2 Å². The summed E-state index contributed by atoms with van der Waals surface area (Å²) in [7, 11) is 2.00. The van der Waals surface area contributed by atoms with Crippen LogP contribution in [0.15, 0.2) is 0 Å². The van der Waals surface area contributed by atoms with Gasteiger partial charge in [0.15, 0.2) is 0 Å². The lowest BCUT2D eigenvalue weighted by atomic mass is 10.1. The van der Waals surface area contributed by atoms with E-state index >= 15 is 0 Å². The molecule has 0 aromatic carbocycles. The van der Waals surface area contributed by atoms with Crippen molar-refractivity contribution in [3.8, 4) is 0 Å². The van der Waals surface area contributed by atoms with E-state index in [4.69, 9.17) is 0 Å². The molecule has 0 aromatic rings. The highest BCUT2D eigenvalue weighted by Crippen LogP contribution is 2.12. The van der Waals surface area contributed by atoms with Gasteiger partial charge in [0.2, 0.25) is 5.91 Å². The number of nitrogens with one attached hydrogen (secondary N) is 1. The summed E-state index contributed by atoms with van der Waals surface area (Å²) >= 11 is 0. The smallest absolute Gasteiger partial charge is 0.236 e. The molecule has 0 radical (unpaired) electrons. The highest BCUT2D eigenvalue weighted by Gasteiger charge is 2.25. The van der Waals surface area contributed by atoms with E-state index in [2.05, 4.69) is 10.2 Å². The number of likely N-dealkylation sites (N-methyl/N-ethyl adjacent to an activating group) is 1. The molecule has 1 atom stereocenters. The van der Waals surface area contributed by atoms with Crippen molar-refractivity contribution >= 4 is 5.91 Å². The van der Waals surface area contributed by atoms with Crippen LogP contribution in [0.4, 0.5) is 0 Å². The normalized spacial score (nSPS) is 27.3. The van der Waals surface area contributed by atoms with Gasteiger partial charge in [-0.2, -0.15) is 0 Å². The van der Waals surface area contributed by atoms with Crippen LogP contribution in [-0.4, -0.2) is 61.5 Å². The SMILES string of the molecule is CNC1CCN(CC(=O)N2CCCCC2)C1. The van der Waals surface area contributed by atoms with Gasteiger partial charge in [-0.1, -0.05) is 0 Å². The Kier molecular flexibility index (Phi) is 4.18. The molecule has 1 amide bonds. The first-order valence-electron chi connectivity index (χ1n) is 6.47. The zero-order chi connectivity index (χ0) is 11.4. The number of hydrogen-bond donors (Lipinski definition) is 1. The van der Waals surface area contributed by atoms with E-state index in [0.29, 0.717) is 18.5 Å². The van der Waals surface area contributed by atoms with Gasteiger partial charge in [0.1, 0.15) is 0 Å². The number of hydrogen-bond acceptors (Lipinski definition) is 3. The Bertz CT molecular complexity index is 238. The monoisotopic (exact) mass is 225 g/mol. The number of nitrogens with zero attached hydrogens (tertiary/aromatic N) is 2. The molecule has 4 nitrogen and oxygen atoms in total. The molecule has 0 spiro atoms. The molecule has 2 fully saturated rings. The lowest BCUT2D eigenvalue weighted by Gasteiger charge is -2.28. The van der Waals surface area contributed by atoms with E-state index in [0.717, 1.165) is 26.2 Å². The second-order valence-corrected chi connectivity index (χ2v) is 4.95. The third-order valence-corrected chi connectivity index (χ3v) is 3.75. The molecule has 0 saturated carbocycles. The van der Waals surface area contributed by atoms with Crippen molar-refractivity contribution in [2.75, 3.05) is 39.8 Å². The fourth-order valence-electron chi connectivity index (χ4n) is 2.65. The van der Waals surface area contributed by atoms with Crippen LogP contribution in [0.25, 0.3) is 0 Å². The van der Waals surface area contributed by atoms with Crippen LogP contribution < -0.4 is 5.32 Å². The van der Waals surface area contributed by atoms with E-state index in [1.54, 1.807) is 0 Å². The van der Waals surface area contributed by atoms with Crippen LogP contribution in [-0.2, 0) is 4.79 Å². The Balaban J connectivity index is 1.74. The summed E-state index contributed by atoms with van der Waals surface area (Å²) in [5.41, 5.74) is 0. The van der Waals surface area contributed by atoms with Gasteiger partial charge in [-0.05, 0) is 32.7 Å². The molecule has 0 bridgehead atoms. The van der Waals surface area contributed by atoms with Crippen molar-refractivity contribution < 1.29 is 4.79 Å². The molecule has 1 N–H and O–H groups in total. The maximum absolute atomic E-state index is 12.0. The number of rotatable bonds is 3. The molecule has 0 aromatic heterocycles. The molecule has 2 saturated heterocycles. The molecular weight excluding hydrogens is 202 g/mol. The van der Waals surface area contributed by atoms with Crippen LogP contribution in [0.3, 0.4) is 0 Å². The average Bonchev–Trinajstić information content (AvgIpc) is 2.78. The predicted octanol–water partition coefficient (Wildman–Crippen LogP) is 0.293. The fourth-order valence-corrected chi connectivity index (χ4v) is 2.65. The molecule has 2 rings (SSSR count).